The van der Waals surface area contributed by atoms with Gasteiger partial charge in [0.2, 0.25) is 0 Å². The second-order valence-electron chi connectivity index (χ2n) is 4.14. The highest BCUT2D eigenvalue weighted by Gasteiger charge is 2.21. The molecule has 2 aliphatic rings. The average molecular weight is 213 g/mol. The van der Waals surface area contributed by atoms with E-state index in [1.165, 1.54) is 17.7 Å². The van der Waals surface area contributed by atoms with Gasteiger partial charge in [-0.15, -0.1) is 0 Å². The minimum absolute atomic E-state index is 0.735. The summed E-state index contributed by atoms with van der Waals surface area (Å²) in [6.07, 6.45) is 4.67. The highest BCUT2D eigenvalue weighted by molar-refractivity contribution is 8.00. The molecule has 0 aromatic carbocycles. The van der Waals surface area contributed by atoms with Gasteiger partial charge in [-0.3, -0.25) is 0 Å². The van der Waals surface area contributed by atoms with Gasteiger partial charge in [0.25, 0.3) is 0 Å². The molecule has 0 radical (unpaired) electrons. The third-order valence-corrected chi connectivity index (χ3v) is 4.23. The van der Waals surface area contributed by atoms with Crippen LogP contribution in [0, 0.1) is 0 Å². The summed E-state index contributed by atoms with van der Waals surface area (Å²) >= 11 is 2.09. The van der Waals surface area contributed by atoms with E-state index in [0.717, 1.165) is 37.5 Å². The third kappa shape index (κ3) is 3.01. The van der Waals surface area contributed by atoms with Crippen LogP contribution in [0.4, 0.5) is 0 Å². The van der Waals surface area contributed by atoms with Gasteiger partial charge in [-0.05, 0) is 12.8 Å². The number of hydrogen-bond acceptors (Lipinski definition) is 3. The molecule has 1 N–H and O–H groups in total. The van der Waals surface area contributed by atoms with Gasteiger partial charge in [0.05, 0.1) is 13.2 Å². The Bertz CT molecular complexity index is 217. The van der Waals surface area contributed by atoms with Gasteiger partial charge in [-0.2, -0.15) is 11.8 Å². The van der Waals surface area contributed by atoms with E-state index in [9.17, 15) is 0 Å². The van der Waals surface area contributed by atoms with Crippen LogP contribution in [-0.4, -0.2) is 36.8 Å². The van der Waals surface area contributed by atoms with Crippen LogP contribution in [-0.2, 0) is 4.74 Å². The molecule has 0 spiro atoms. The number of thioether (sulfide) groups is 1. The van der Waals surface area contributed by atoms with E-state index < -0.39 is 0 Å². The first-order chi connectivity index (χ1) is 6.84. The van der Waals surface area contributed by atoms with Crippen LogP contribution in [0.2, 0.25) is 0 Å². The maximum atomic E-state index is 5.28. The molecule has 0 saturated carbocycles. The molecule has 2 aliphatic heterocycles. The number of nitrogens with one attached hydrogen (secondary N) is 1. The van der Waals surface area contributed by atoms with Crippen molar-refractivity contribution in [1.82, 2.24) is 5.32 Å². The molecule has 80 valence electrons. The molecule has 14 heavy (non-hydrogen) atoms. The predicted molar refractivity (Wildman–Crippen MR) is 61.8 cm³/mol. The summed E-state index contributed by atoms with van der Waals surface area (Å²) in [6.45, 7) is 5.11. The topological polar surface area (TPSA) is 21.3 Å². The van der Waals surface area contributed by atoms with E-state index in [2.05, 4.69) is 30.1 Å². The lowest BCUT2D eigenvalue weighted by atomic mass is 10.1. The Kier molecular flexibility index (Phi) is 3.90. The maximum Gasteiger partial charge on any atom is 0.0650 e. The molecule has 0 aliphatic carbocycles. The highest BCUT2D eigenvalue weighted by atomic mass is 32.2. The summed E-state index contributed by atoms with van der Waals surface area (Å²) in [6, 6.07) is 0.735. The third-order valence-electron chi connectivity index (χ3n) is 2.87. The highest BCUT2D eigenvalue weighted by Crippen LogP contribution is 2.26. The SMILES string of the molecule is CC1CC(NCC2=CCOCC2)CS1. The Morgan fingerprint density at radius 3 is 3.21 bits per heavy atom. The van der Waals surface area contributed by atoms with Crippen LogP contribution >= 0.6 is 11.8 Å². The van der Waals surface area contributed by atoms with Gasteiger partial charge in [0.15, 0.2) is 0 Å². The van der Waals surface area contributed by atoms with Crippen LogP contribution in [0.15, 0.2) is 11.6 Å². The number of hydrogen-bond donors (Lipinski definition) is 1. The van der Waals surface area contributed by atoms with E-state index >= 15 is 0 Å². The van der Waals surface area contributed by atoms with Gasteiger partial charge in [0.1, 0.15) is 0 Å². The standard InChI is InChI=1S/C11H19NOS/c1-9-6-11(8-14-9)12-7-10-2-4-13-5-3-10/h2,9,11-12H,3-8H2,1H3. The summed E-state index contributed by atoms with van der Waals surface area (Å²) in [5, 5.41) is 4.48. The Hall–Kier alpha value is 0.01000. The number of rotatable bonds is 3. The Labute approximate surface area is 90.5 Å². The van der Waals surface area contributed by atoms with E-state index in [0.29, 0.717) is 0 Å². The largest absolute Gasteiger partial charge is 0.377 e. The number of ether oxygens (including phenoxy) is 1. The Morgan fingerprint density at radius 1 is 1.64 bits per heavy atom. The smallest absolute Gasteiger partial charge is 0.0650 e. The second kappa shape index (κ2) is 5.19. The van der Waals surface area contributed by atoms with E-state index in [4.69, 9.17) is 4.74 Å². The van der Waals surface area contributed by atoms with E-state index in [1.54, 1.807) is 0 Å². The van der Waals surface area contributed by atoms with E-state index in [1.807, 2.05) is 0 Å². The Balaban J connectivity index is 1.69. The summed E-state index contributed by atoms with van der Waals surface area (Å²) in [5.41, 5.74) is 1.53. The summed E-state index contributed by atoms with van der Waals surface area (Å²) in [5.74, 6) is 1.28. The van der Waals surface area contributed by atoms with Crippen LogP contribution in [0.1, 0.15) is 19.8 Å². The fourth-order valence-corrected chi connectivity index (χ4v) is 3.14. The molecule has 2 unspecified atom stereocenters. The predicted octanol–water partition coefficient (Wildman–Crippen LogP) is 1.82. The molecule has 0 aromatic rings. The van der Waals surface area contributed by atoms with Crippen LogP contribution < -0.4 is 5.32 Å². The molecular formula is C11H19NOS. The molecule has 1 saturated heterocycles. The first kappa shape index (κ1) is 10.5. The molecular weight excluding hydrogens is 194 g/mol. The molecule has 2 nitrogen and oxygen atoms in total. The van der Waals surface area contributed by atoms with Crippen molar-refractivity contribution >= 4 is 11.8 Å². The molecule has 0 bridgehead atoms. The van der Waals surface area contributed by atoms with Crippen molar-refractivity contribution in [3.63, 3.8) is 0 Å². The van der Waals surface area contributed by atoms with Crippen LogP contribution in [0.5, 0.6) is 0 Å². The molecule has 2 atom stereocenters. The summed E-state index contributed by atoms with van der Waals surface area (Å²) < 4.78 is 5.28. The zero-order valence-electron chi connectivity index (χ0n) is 8.79. The van der Waals surface area contributed by atoms with Crippen molar-refractivity contribution in [2.75, 3.05) is 25.5 Å². The average Bonchev–Trinajstić information content (AvgIpc) is 2.63. The van der Waals surface area contributed by atoms with Crippen molar-refractivity contribution in [3.05, 3.63) is 11.6 Å². The molecule has 0 aromatic heterocycles. The first-order valence-corrected chi connectivity index (χ1v) is 6.50. The quantitative estimate of drug-likeness (QED) is 0.723. The van der Waals surface area contributed by atoms with Gasteiger partial charge in [-0.25, -0.2) is 0 Å². The van der Waals surface area contributed by atoms with Crippen molar-refractivity contribution in [3.8, 4) is 0 Å². The lowest BCUT2D eigenvalue weighted by Gasteiger charge is -2.17. The molecule has 2 rings (SSSR count). The fourth-order valence-electron chi connectivity index (χ4n) is 1.96. The normalized spacial score (nSPS) is 33.1. The van der Waals surface area contributed by atoms with Gasteiger partial charge in [0, 0.05) is 23.6 Å². The Morgan fingerprint density at radius 2 is 2.57 bits per heavy atom. The monoisotopic (exact) mass is 213 g/mol. The molecule has 3 heteroatoms. The lowest BCUT2D eigenvalue weighted by molar-refractivity contribution is 0.153. The lowest BCUT2D eigenvalue weighted by Crippen LogP contribution is -2.31. The zero-order chi connectivity index (χ0) is 9.80. The fraction of sp³-hybridized carbons (Fsp3) is 0.818. The summed E-state index contributed by atoms with van der Waals surface area (Å²) in [4.78, 5) is 0. The van der Waals surface area contributed by atoms with Crippen molar-refractivity contribution in [1.29, 1.82) is 0 Å². The maximum absolute atomic E-state index is 5.28. The minimum atomic E-state index is 0.735. The van der Waals surface area contributed by atoms with Gasteiger partial charge >= 0.3 is 0 Å². The van der Waals surface area contributed by atoms with Crippen molar-refractivity contribution in [2.24, 2.45) is 0 Å². The molecule has 0 amide bonds. The van der Waals surface area contributed by atoms with E-state index in [-0.39, 0.29) is 0 Å². The van der Waals surface area contributed by atoms with Crippen molar-refractivity contribution in [2.45, 2.75) is 31.1 Å². The molecule has 1 fully saturated rings. The second-order valence-corrected chi connectivity index (χ2v) is 5.62. The van der Waals surface area contributed by atoms with Crippen molar-refractivity contribution < 1.29 is 4.74 Å². The minimum Gasteiger partial charge on any atom is -0.377 e. The first-order valence-electron chi connectivity index (χ1n) is 5.45. The summed E-state index contributed by atoms with van der Waals surface area (Å²) in [7, 11) is 0. The zero-order valence-corrected chi connectivity index (χ0v) is 9.61. The van der Waals surface area contributed by atoms with Gasteiger partial charge < -0.3 is 10.1 Å². The van der Waals surface area contributed by atoms with Crippen LogP contribution in [0.25, 0.3) is 0 Å². The van der Waals surface area contributed by atoms with Crippen LogP contribution in [0.3, 0.4) is 0 Å². The van der Waals surface area contributed by atoms with Gasteiger partial charge in [-0.1, -0.05) is 18.6 Å². The molecule has 2 heterocycles.